The van der Waals surface area contributed by atoms with Crippen molar-refractivity contribution in [1.82, 2.24) is 15.0 Å². The van der Waals surface area contributed by atoms with Crippen molar-refractivity contribution in [3.8, 4) is 56.3 Å². The van der Waals surface area contributed by atoms with Crippen molar-refractivity contribution >= 4 is 65.2 Å². The molecule has 0 amide bonds. The van der Waals surface area contributed by atoms with Gasteiger partial charge in [0.05, 0.1) is 22.6 Å². The topological polar surface area (TPSA) is 51.8 Å². The highest BCUT2D eigenvalue weighted by Gasteiger charge is 2.22. The van der Waals surface area contributed by atoms with Crippen molar-refractivity contribution in [3.63, 3.8) is 0 Å². The number of hydrogen-bond donors (Lipinski definition) is 0. The van der Waals surface area contributed by atoms with Gasteiger partial charge in [-0.1, -0.05) is 170 Å². The highest BCUT2D eigenvalue weighted by Crippen LogP contribution is 2.44. The fraction of sp³-hybridized carbons (Fsp3) is 0. The molecule has 0 saturated heterocycles. The Morgan fingerprint density at radius 1 is 0.322 bits per heavy atom. The number of furan rings is 1. The van der Waals surface area contributed by atoms with Crippen LogP contribution in [0.4, 0.5) is 0 Å². The molecule has 0 bridgehead atoms. The summed E-state index contributed by atoms with van der Waals surface area (Å²) in [6.07, 6.45) is 0. The average molecular weight is 752 g/mol. The van der Waals surface area contributed by atoms with Gasteiger partial charge in [-0.2, -0.15) is 0 Å². The molecular weight excluding hydrogens is 719 g/mol. The highest BCUT2D eigenvalue weighted by molar-refractivity contribution is 6.24. The Morgan fingerprint density at radius 3 is 1.56 bits per heavy atom. The summed E-state index contributed by atoms with van der Waals surface area (Å²) in [5.41, 5.74) is 11.4. The van der Waals surface area contributed by atoms with Crippen molar-refractivity contribution < 1.29 is 4.42 Å². The zero-order valence-corrected chi connectivity index (χ0v) is 31.8. The van der Waals surface area contributed by atoms with Crippen LogP contribution in [0.5, 0.6) is 0 Å². The molecule has 9 aromatic carbocycles. The summed E-state index contributed by atoms with van der Waals surface area (Å²) >= 11 is 0. The first-order chi connectivity index (χ1) is 29.2. The van der Waals surface area contributed by atoms with Gasteiger partial charge < -0.3 is 4.42 Å². The van der Waals surface area contributed by atoms with Crippen LogP contribution in [0.15, 0.2) is 205 Å². The van der Waals surface area contributed by atoms with Crippen LogP contribution in [0.3, 0.4) is 0 Å². The second-order valence-corrected chi connectivity index (χ2v) is 15.1. The molecule has 0 radical (unpaired) electrons. The summed E-state index contributed by atoms with van der Waals surface area (Å²) in [6, 6.07) is 70.3. The van der Waals surface area contributed by atoms with E-state index in [9.17, 15) is 0 Å². The molecule has 0 atom stereocenters. The fourth-order valence-electron chi connectivity index (χ4n) is 8.77. The van der Waals surface area contributed by atoms with Crippen LogP contribution in [0.25, 0.3) is 121 Å². The SMILES string of the molecule is c1ccc(-c2nc(-c3ccc4ccccc4c3)c(-c3ccc(-c4nc5ccccc5c5c4ccc4c6ccccc6oc45)cc3)c(-c3ccc4ccccc4c3)n2)cc1. The summed E-state index contributed by atoms with van der Waals surface area (Å²) < 4.78 is 6.61. The Labute approximate surface area is 339 Å². The van der Waals surface area contributed by atoms with E-state index in [1.54, 1.807) is 0 Å². The smallest absolute Gasteiger partial charge is 0.160 e. The number of pyridine rings is 1. The van der Waals surface area contributed by atoms with Gasteiger partial charge in [0, 0.05) is 54.7 Å². The molecule has 0 spiro atoms. The van der Waals surface area contributed by atoms with Crippen LogP contribution in [-0.4, -0.2) is 15.0 Å². The van der Waals surface area contributed by atoms with Crippen molar-refractivity contribution in [2.75, 3.05) is 0 Å². The van der Waals surface area contributed by atoms with Crippen LogP contribution < -0.4 is 0 Å². The third-order valence-electron chi connectivity index (χ3n) is 11.6. The number of nitrogens with zero attached hydrogens (tertiary/aromatic N) is 3. The van der Waals surface area contributed by atoms with Crippen LogP contribution in [0, 0.1) is 0 Å². The Kier molecular flexibility index (Phi) is 7.50. The van der Waals surface area contributed by atoms with Gasteiger partial charge in [-0.25, -0.2) is 15.0 Å². The molecule has 4 nitrogen and oxygen atoms in total. The molecule has 0 aliphatic rings. The van der Waals surface area contributed by atoms with Crippen LogP contribution in [-0.2, 0) is 0 Å². The quantitative estimate of drug-likeness (QED) is 0.164. The van der Waals surface area contributed by atoms with E-state index in [2.05, 4.69) is 170 Å². The zero-order valence-electron chi connectivity index (χ0n) is 31.8. The molecule has 12 aromatic rings. The number of benzene rings is 9. The van der Waals surface area contributed by atoms with Crippen LogP contribution in [0.1, 0.15) is 0 Å². The standard InChI is InChI=1S/C55H33N3O/c1-2-14-38(15-3-1)55-57-52(41-28-22-34-12-4-6-16-39(34)32-41)49(53(58-55)42-29-23-35-13-5-7-17-40(35)33-42)36-24-26-37(27-25-36)51-46-31-30-44-43-18-9-11-21-48(43)59-54(44)50(46)45-19-8-10-20-47(45)56-51/h1-33H. The lowest BCUT2D eigenvalue weighted by molar-refractivity contribution is 0.673. The van der Waals surface area contributed by atoms with Crippen molar-refractivity contribution in [2.45, 2.75) is 0 Å². The first kappa shape index (κ1) is 33.2. The van der Waals surface area contributed by atoms with E-state index in [1.165, 1.54) is 10.8 Å². The van der Waals surface area contributed by atoms with Gasteiger partial charge in [-0.05, 0) is 57.4 Å². The molecule has 0 saturated carbocycles. The lowest BCUT2D eigenvalue weighted by atomic mass is 9.91. The Balaban J connectivity index is 1.10. The minimum atomic E-state index is 0.682. The van der Waals surface area contributed by atoms with E-state index >= 15 is 0 Å². The van der Waals surface area contributed by atoms with Gasteiger partial charge in [0.25, 0.3) is 0 Å². The second-order valence-electron chi connectivity index (χ2n) is 15.1. The third kappa shape index (κ3) is 5.49. The Bertz CT molecular complexity index is 3510. The minimum Gasteiger partial charge on any atom is -0.455 e. The van der Waals surface area contributed by atoms with E-state index in [0.29, 0.717) is 5.82 Å². The van der Waals surface area contributed by atoms with Crippen molar-refractivity contribution in [2.24, 2.45) is 0 Å². The molecule has 4 heteroatoms. The average Bonchev–Trinajstić information content (AvgIpc) is 3.70. The first-order valence-corrected chi connectivity index (χ1v) is 19.9. The van der Waals surface area contributed by atoms with Crippen LogP contribution in [0.2, 0.25) is 0 Å². The molecular formula is C55H33N3O. The Morgan fingerprint density at radius 2 is 0.864 bits per heavy atom. The normalized spacial score (nSPS) is 11.7. The maximum atomic E-state index is 6.61. The van der Waals surface area contributed by atoms with E-state index in [1.807, 2.05) is 30.3 Å². The second kappa shape index (κ2) is 13.3. The summed E-state index contributed by atoms with van der Waals surface area (Å²) in [5.74, 6) is 0.682. The molecule has 3 aromatic heterocycles. The third-order valence-corrected chi connectivity index (χ3v) is 11.6. The van der Waals surface area contributed by atoms with E-state index in [4.69, 9.17) is 19.4 Å². The summed E-state index contributed by atoms with van der Waals surface area (Å²) in [7, 11) is 0. The number of para-hydroxylation sites is 2. The zero-order chi connectivity index (χ0) is 38.9. The maximum absolute atomic E-state index is 6.61. The largest absolute Gasteiger partial charge is 0.455 e. The number of hydrogen-bond acceptors (Lipinski definition) is 4. The molecule has 0 N–H and O–H groups in total. The van der Waals surface area contributed by atoms with E-state index in [0.717, 1.165) is 105 Å². The van der Waals surface area contributed by atoms with Gasteiger partial charge in [0.15, 0.2) is 5.82 Å². The summed E-state index contributed by atoms with van der Waals surface area (Å²) in [6.45, 7) is 0. The number of fused-ring (bicyclic) bond motifs is 9. The lowest BCUT2D eigenvalue weighted by Crippen LogP contribution is -2.01. The van der Waals surface area contributed by atoms with Gasteiger partial charge in [0.2, 0.25) is 0 Å². The summed E-state index contributed by atoms with van der Waals surface area (Å²) in [5, 5.41) is 10.1. The van der Waals surface area contributed by atoms with E-state index in [-0.39, 0.29) is 0 Å². The van der Waals surface area contributed by atoms with Gasteiger partial charge in [-0.15, -0.1) is 0 Å². The molecule has 0 unspecified atom stereocenters. The summed E-state index contributed by atoms with van der Waals surface area (Å²) in [4.78, 5) is 16.1. The molecule has 59 heavy (non-hydrogen) atoms. The molecule has 0 fully saturated rings. The molecule has 0 aliphatic carbocycles. The van der Waals surface area contributed by atoms with Gasteiger partial charge >= 0.3 is 0 Å². The minimum absolute atomic E-state index is 0.682. The van der Waals surface area contributed by atoms with Gasteiger partial charge in [-0.3, -0.25) is 0 Å². The first-order valence-electron chi connectivity index (χ1n) is 19.9. The van der Waals surface area contributed by atoms with Gasteiger partial charge in [0.1, 0.15) is 11.2 Å². The lowest BCUT2D eigenvalue weighted by Gasteiger charge is -2.18. The molecule has 3 heterocycles. The van der Waals surface area contributed by atoms with Crippen molar-refractivity contribution in [3.05, 3.63) is 200 Å². The highest BCUT2D eigenvalue weighted by atomic mass is 16.3. The van der Waals surface area contributed by atoms with Crippen LogP contribution >= 0.6 is 0 Å². The number of aromatic nitrogens is 3. The van der Waals surface area contributed by atoms with Crippen molar-refractivity contribution in [1.29, 1.82) is 0 Å². The molecule has 274 valence electrons. The monoisotopic (exact) mass is 751 g/mol. The Hall–Kier alpha value is -7.95. The number of rotatable bonds is 5. The molecule has 0 aliphatic heterocycles. The predicted octanol–water partition coefficient (Wildman–Crippen LogP) is 14.7. The maximum Gasteiger partial charge on any atom is 0.160 e. The van der Waals surface area contributed by atoms with E-state index < -0.39 is 0 Å². The molecule has 12 rings (SSSR count). The predicted molar refractivity (Wildman–Crippen MR) is 244 cm³/mol. The fourth-order valence-corrected chi connectivity index (χ4v) is 8.77.